The molecule has 0 atom stereocenters. The van der Waals surface area contributed by atoms with E-state index in [1.54, 1.807) is 0 Å². The highest BCUT2D eigenvalue weighted by molar-refractivity contribution is 7.12. The first kappa shape index (κ1) is 19.8. The Hall–Kier alpha value is -2.49. The molecule has 2 heterocycles. The summed E-state index contributed by atoms with van der Waals surface area (Å²) in [6.07, 6.45) is -1.66. The Morgan fingerprint density at radius 1 is 1.24 bits per heavy atom. The smallest absolute Gasteiger partial charge is 0.455 e. The number of aliphatic carboxylic acids is 1. The molecule has 4 rings (SSSR count). The van der Waals surface area contributed by atoms with Crippen molar-refractivity contribution in [2.45, 2.75) is 57.5 Å². The third-order valence-electron chi connectivity index (χ3n) is 5.22. The standard InChI is InChI=1S/C19H17F3N2O4S/c1-8-14(9-5-6-9)15(16-23-18(24-28-16)19(20,21)22)13(29-8)7-12(25)10-3-2-4-11(10)17(26)27/h9H,2-7H2,1H3,(H,26,27). The lowest BCUT2D eigenvalue weighted by Crippen LogP contribution is -2.10. The zero-order valence-corrected chi connectivity index (χ0v) is 16.2. The monoisotopic (exact) mass is 426 g/mol. The number of carboxylic acid groups (broad SMARTS) is 1. The molecule has 6 nitrogen and oxygen atoms in total. The molecule has 0 aliphatic heterocycles. The van der Waals surface area contributed by atoms with Gasteiger partial charge in [-0.2, -0.15) is 18.2 Å². The number of allylic oxidation sites excluding steroid dienone is 1. The van der Waals surface area contributed by atoms with Crippen LogP contribution in [0.15, 0.2) is 15.7 Å². The van der Waals surface area contributed by atoms with Gasteiger partial charge in [0, 0.05) is 27.3 Å². The number of alkyl halides is 3. The number of nitrogens with zero attached hydrogens (tertiary/aromatic N) is 2. The summed E-state index contributed by atoms with van der Waals surface area (Å²) in [5, 5.41) is 12.3. The topological polar surface area (TPSA) is 93.3 Å². The van der Waals surface area contributed by atoms with Crippen molar-refractivity contribution in [2.24, 2.45) is 0 Å². The fourth-order valence-corrected chi connectivity index (χ4v) is 5.07. The van der Waals surface area contributed by atoms with Gasteiger partial charge in [0.15, 0.2) is 5.78 Å². The second kappa shape index (κ2) is 7.08. The number of rotatable bonds is 6. The Morgan fingerprint density at radius 3 is 2.52 bits per heavy atom. The molecule has 2 aromatic heterocycles. The van der Waals surface area contributed by atoms with Crippen molar-refractivity contribution in [1.82, 2.24) is 10.1 Å². The van der Waals surface area contributed by atoms with Crippen LogP contribution >= 0.6 is 11.3 Å². The average Bonchev–Trinajstić information content (AvgIpc) is 3.07. The van der Waals surface area contributed by atoms with Crippen molar-refractivity contribution in [2.75, 3.05) is 0 Å². The molecule has 0 aromatic carbocycles. The molecule has 29 heavy (non-hydrogen) atoms. The number of ketones is 1. The Bertz CT molecular complexity index is 1030. The average molecular weight is 426 g/mol. The lowest BCUT2D eigenvalue weighted by atomic mass is 9.98. The van der Waals surface area contributed by atoms with E-state index in [0.717, 1.165) is 23.3 Å². The number of hydrogen-bond acceptors (Lipinski definition) is 6. The number of aryl methyl sites for hydroxylation is 1. The second-order valence-electron chi connectivity index (χ2n) is 7.28. The molecule has 0 unspecified atom stereocenters. The minimum atomic E-state index is -4.73. The maximum atomic E-state index is 12.9. The highest BCUT2D eigenvalue weighted by Crippen LogP contribution is 2.50. The van der Waals surface area contributed by atoms with E-state index in [1.807, 2.05) is 6.92 Å². The number of thiophene rings is 1. The molecule has 0 saturated heterocycles. The van der Waals surface area contributed by atoms with Crippen LogP contribution in [0.25, 0.3) is 11.5 Å². The van der Waals surface area contributed by atoms with E-state index < -0.39 is 18.0 Å². The third-order valence-corrected chi connectivity index (χ3v) is 6.34. The predicted molar refractivity (Wildman–Crippen MR) is 96.5 cm³/mol. The molecule has 0 bridgehead atoms. The van der Waals surface area contributed by atoms with Gasteiger partial charge < -0.3 is 9.63 Å². The minimum absolute atomic E-state index is 0.0938. The van der Waals surface area contributed by atoms with E-state index in [2.05, 4.69) is 10.1 Å². The Morgan fingerprint density at radius 2 is 1.93 bits per heavy atom. The summed E-state index contributed by atoms with van der Waals surface area (Å²) in [7, 11) is 0. The van der Waals surface area contributed by atoms with E-state index >= 15 is 0 Å². The summed E-state index contributed by atoms with van der Waals surface area (Å²) >= 11 is 1.32. The molecule has 1 saturated carbocycles. The summed E-state index contributed by atoms with van der Waals surface area (Å²) < 4.78 is 43.7. The summed E-state index contributed by atoms with van der Waals surface area (Å²) in [5.74, 6) is -2.82. The zero-order valence-electron chi connectivity index (χ0n) is 15.4. The third kappa shape index (κ3) is 3.73. The quantitative estimate of drug-likeness (QED) is 0.721. The van der Waals surface area contributed by atoms with Gasteiger partial charge >= 0.3 is 12.1 Å². The van der Waals surface area contributed by atoms with Crippen LogP contribution in [-0.2, 0) is 22.2 Å². The van der Waals surface area contributed by atoms with Crippen LogP contribution in [0.3, 0.4) is 0 Å². The molecule has 10 heteroatoms. The summed E-state index contributed by atoms with van der Waals surface area (Å²) in [4.78, 5) is 29.2. The molecule has 0 amide bonds. The van der Waals surface area contributed by atoms with Crippen molar-refractivity contribution < 1.29 is 32.4 Å². The molecule has 0 radical (unpaired) electrons. The van der Waals surface area contributed by atoms with Gasteiger partial charge in [0.2, 0.25) is 0 Å². The Balaban J connectivity index is 1.74. The predicted octanol–water partition coefficient (Wildman–Crippen LogP) is 4.68. The van der Waals surface area contributed by atoms with E-state index in [9.17, 15) is 27.9 Å². The first-order valence-electron chi connectivity index (χ1n) is 9.18. The van der Waals surface area contributed by atoms with Gasteiger partial charge in [0.1, 0.15) is 0 Å². The number of Topliss-reactive ketones (excluding diaryl/α,β-unsaturated/α-hetero) is 1. The van der Waals surface area contributed by atoms with E-state index in [0.29, 0.717) is 35.3 Å². The molecule has 0 spiro atoms. The fraction of sp³-hybridized carbons (Fsp3) is 0.474. The highest BCUT2D eigenvalue weighted by atomic mass is 32.1. The molecule has 154 valence electrons. The van der Waals surface area contributed by atoms with Crippen LogP contribution in [0.5, 0.6) is 0 Å². The maximum absolute atomic E-state index is 12.9. The Kier molecular flexibility index (Phi) is 4.84. The van der Waals surface area contributed by atoms with Crippen LogP contribution in [0.4, 0.5) is 13.2 Å². The van der Waals surface area contributed by atoms with Gasteiger partial charge in [-0.3, -0.25) is 4.79 Å². The summed E-state index contributed by atoms with van der Waals surface area (Å²) in [6, 6.07) is 0. The van der Waals surface area contributed by atoms with Crippen molar-refractivity contribution in [3.8, 4) is 11.5 Å². The van der Waals surface area contributed by atoms with Crippen molar-refractivity contribution in [3.05, 3.63) is 32.3 Å². The lowest BCUT2D eigenvalue weighted by Gasteiger charge is -2.05. The second-order valence-corrected chi connectivity index (χ2v) is 8.59. The molecule has 1 fully saturated rings. The first-order chi connectivity index (χ1) is 13.7. The van der Waals surface area contributed by atoms with Gasteiger partial charge in [0.05, 0.1) is 5.56 Å². The van der Waals surface area contributed by atoms with Crippen LogP contribution in [0, 0.1) is 6.92 Å². The number of halogens is 3. The van der Waals surface area contributed by atoms with Gasteiger partial charge in [-0.1, -0.05) is 5.16 Å². The van der Waals surface area contributed by atoms with Gasteiger partial charge in [-0.05, 0) is 50.5 Å². The van der Waals surface area contributed by atoms with Gasteiger partial charge in [-0.25, -0.2) is 4.79 Å². The largest absolute Gasteiger partial charge is 0.478 e. The van der Waals surface area contributed by atoms with Crippen molar-refractivity contribution in [1.29, 1.82) is 0 Å². The number of aromatic nitrogens is 2. The minimum Gasteiger partial charge on any atom is -0.478 e. The fourth-order valence-electron chi connectivity index (χ4n) is 3.82. The van der Waals surface area contributed by atoms with Crippen LogP contribution in [0.1, 0.15) is 59.2 Å². The van der Waals surface area contributed by atoms with Gasteiger partial charge in [0.25, 0.3) is 11.7 Å². The SMILES string of the molecule is Cc1sc(CC(=O)C2=C(C(=O)O)CCC2)c(-c2nc(C(F)(F)F)no2)c1C1CC1. The maximum Gasteiger partial charge on any atom is 0.455 e. The van der Waals surface area contributed by atoms with Crippen molar-refractivity contribution in [3.63, 3.8) is 0 Å². The summed E-state index contributed by atoms with van der Waals surface area (Å²) in [6.45, 7) is 1.86. The van der Waals surface area contributed by atoms with Crippen LogP contribution in [-0.4, -0.2) is 27.0 Å². The number of carboxylic acids is 1. The Labute approximate surface area is 167 Å². The molecular formula is C19H17F3N2O4S. The molecule has 2 aliphatic carbocycles. The van der Waals surface area contributed by atoms with E-state index in [-0.39, 0.29) is 29.6 Å². The van der Waals surface area contributed by atoms with Crippen LogP contribution in [0.2, 0.25) is 0 Å². The molecule has 2 aromatic rings. The zero-order chi connectivity index (χ0) is 20.9. The van der Waals surface area contributed by atoms with E-state index in [1.165, 1.54) is 11.3 Å². The van der Waals surface area contributed by atoms with Crippen molar-refractivity contribution >= 4 is 23.1 Å². The normalized spacial score (nSPS) is 17.2. The lowest BCUT2D eigenvalue weighted by molar-refractivity contribution is -0.146. The molecular weight excluding hydrogens is 409 g/mol. The number of carbonyl (C=O) groups excluding carboxylic acids is 1. The van der Waals surface area contributed by atoms with Crippen LogP contribution < -0.4 is 0 Å². The van der Waals surface area contributed by atoms with Gasteiger partial charge in [-0.15, -0.1) is 11.3 Å². The number of hydrogen-bond donors (Lipinski definition) is 1. The summed E-state index contributed by atoms with van der Waals surface area (Å²) in [5.41, 5.74) is 1.68. The number of carbonyl (C=O) groups is 2. The highest BCUT2D eigenvalue weighted by Gasteiger charge is 2.39. The van der Waals surface area contributed by atoms with E-state index in [4.69, 9.17) is 4.52 Å². The first-order valence-corrected chi connectivity index (χ1v) is 10.0. The molecule has 2 aliphatic rings. The molecule has 1 N–H and O–H groups in total.